The van der Waals surface area contributed by atoms with Crippen molar-refractivity contribution in [3.05, 3.63) is 47.0 Å². The largest absolute Gasteiger partial charge is 0.497 e. The predicted octanol–water partition coefficient (Wildman–Crippen LogP) is 2.06. The van der Waals surface area contributed by atoms with Crippen molar-refractivity contribution in [1.29, 1.82) is 0 Å². The van der Waals surface area contributed by atoms with Crippen molar-refractivity contribution >= 4 is 39.5 Å². The van der Waals surface area contributed by atoms with Crippen LogP contribution < -0.4 is 20.9 Å². The van der Waals surface area contributed by atoms with E-state index in [9.17, 15) is 32.3 Å². The SMILES string of the molecule is COc1ccc(-c2cc3ncn(CC(=O)OCC(=O)NC(=O)NCC(F)(F)F)c(=O)c3s2)cc1. The fraction of sp³-hybridized carbons (Fsp3) is 0.250. The number of rotatable bonds is 7. The second kappa shape index (κ2) is 10.3. The summed E-state index contributed by atoms with van der Waals surface area (Å²) in [5, 5.41) is 3.01. The summed E-state index contributed by atoms with van der Waals surface area (Å²) in [6, 6.07) is 7.55. The van der Waals surface area contributed by atoms with Gasteiger partial charge in [0.15, 0.2) is 6.61 Å². The van der Waals surface area contributed by atoms with Crippen LogP contribution in [0.2, 0.25) is 0 Å². The summed E-state index contributed by atoms with van der Waals surface area (Å²) >= 11 is 1.19. The number of urea groups is 1. The minimum absolute atomic E-state index is 0.306. The first-order valence-corrected chi connectivity index (χ1v) is 10.3. The Hall–Kier alpha value is -3.94. The summed E-state index contributed by atoms with van der Waals surface area (Å²) in [7, 11) is 1.55. The number of thiophene rings is 1. The Labute approximate surface area is 193 Å². The second-order valence-corrected chi connectivity index (χ2v) is 7.79. The molecule has 0 saturated heterocycles. The van der Waals surface area contributed by atoms with Crippen LogP contribution in [0, 0.1) is 0 Å². The number of halogens is 3. The molecule has 0 fully saturated rings. The average Bonchev–Trinajstić information content (AvgIpc) is 3.23. The molecule has 3 rings (SSSR count). The van der Waals surface area contributed by atoms with E-state index in [4.69, 9.17) is 4.74 Å². The molecular formula is C20H17F3N4O6S. The number of fused-ring (bicyclic) bond motifs is 1. The summed E-state index contributed by atoms with van der Waals surface area (Å²) in [5.74, 6) is -1.45. The summed E-state index contributed by atoms with van der Waals surface area (Å²) in [5.41, 5.74) is 0.789. The lowest BCUT2D eigenvalue weighted by Crippen LogP contribution is -2.44. The maximum atomic E-state index is 12.7. The summed E-state index contributed by atoms with van der Waals surface area (Å²) < 4.78 is 47.2. The number of methoxy groups -OCH3 is 1. The summed E-state index contributed by atoms with van der Waals surface area (Å²) in [6.07, 6.45) is -3.49. The van der Waals surface area contributed by atoms with Gasteiger partial charge in [0, 0.05) is 4.88 Å². The van der Waals surface area contributed by atoms with E-state index in [0.29, 0.717) is 16.0 Å². The van der Waals surface area contributed by atoms with E-state index >= 15 is 0 Å². The molecular weight excluding hydrogens is 481 g/mol. The molecule has 180 valence electrons. The smallest absolute Gasteiger partial charge is 0.405 e. The van der Waals surface area contributed by atoms with Gasteiger partial charge in [0.05, 0.1) is 19.0 Å². The van der Waals surface area contributed by atoms with E-state index in [1.165, 1.54) is 16.7 Å². The van der Waals surface area contributed by atoms with E-state index in [1.54, 1.807) is 30.6 Å². The molecule has 34 heavy (non-hydrogen) atoms. The van der Waals surface area contributed by atoms with Crippen molar-refractivity contribution < 1.29 is 37.0 Å². The molecule has 2 N–H and O–H groups in total. The Balaban J connectivity index is 1.59. The lowest BCUT2D eigenvalue weighted by Gasteiger charge is -2.09. The molecule has 0 saturated carbocycles. The number of aromatic nitrogens is 2. The molecule has 0 aliphatic carbocycles. The fourth-order valence-electron chi connectivity index (χ4n) is 2.67. The van der Waals surface area contributed by atoms with Gasteiger partial charge in [0.1, 0.15) is 23.5 Å². The zero-order chi connectivity index (χ0) is 24.9. The van der Waals surface area contributed by atoms with Crippen LogP contribution in [0.3, 0.4) is 0 Å². The van der Waals surface area contributed by atoms with Crippen molar-refractivity contribution in [3.63, 3.8) is 0 Å². The van der Waals surface area contributed by atoms with Gasteiger partial charge in [-0.1, -0.05) is 0 Å². The Kier molecular flexibility index (Phi) is 7.50. The van der Waals surface area contributed by atoms with Crippen LogP contribution in [-0.2, 0) is 20.9 Å². The zero-order valence-electron chi connectivity index (χ0n) is 17.5. The minimum Gasteiger partial charge on any atom is -0.497 e. The number of carbonyl (C=O) groups excluding carboxylic acids is 3. The van der Waals surface area contributed by atoms with Crippen LogP contribution in [0.15, 0.2) is 41.5 Å². The lowest BCUT2D eigenvalue weighted by atomic mass is 10.2. The average molecular weight is 498 g/mol. The Morgan fingerprint density at radius 1 is 1.18 bits per heavy atom. The maximum Gasteiger partial charge on any atom is 0.405 e. The number of hydrogen-bond donors (Lipinski definition) is 2. The molecule has 0 bridgehead atoms. The van der Waals surface area contributed by atoms with Crippen molar-refractivity contribution in [3.8, 4) is 16.2 Å². The molecule has 0 radical (unpaired) electrons. The highest BCUT2D eigenvalue weighted by Gasteiger charge is 2.28. The number of benzene rings is 1. The van der Waals surface area contributed by atoms with Gasteiger partial charge in [-0.15, -0.1) is 11.3 Å². The van der Waals surface area contributed by atoms with Crippen molar-refractivity contribution in [1.82, 2.24) is 20.2 Å². The normalized spacial score (nSPS) is 11.2. The Morgan fingerprint density at radius 3 is 2.53 bits per heavy atom. The molecule has 3 aromatic rings. The third-order valence-electron chi connectivity index (χ3n) is 4.24. The first-order chi connectivity index (χ1) is 16.1. The molecule has 0 aliphatic heterocycles. The van der Waals surface area contributed by atoms with Crippen LogP contribution in [0.4, 0.5) is 18.0 Å². The number of alkyl halides is 3. The molecule has 3 amide bonds. The number of nitrogens with one attached hydrogen (secondary N) is 2. The van der Waals surface area contributed by atoms with E-state index in [2.05, 4.69) is 9.72 Å². The van der Waals surface area contributed by atoms with Crippen molar-refractivity contribution in [2.45, 2.75) is 12.7 Å². The molecule has 0 aliphatic rings. The molecule has 0 spiro atoms. The highest BCUT2D eigenvalue weighted by Crippen LogP contribution is 2.31. The topological polar surface area (TPSA) is 129 Å². The first kappa shape index (κ1) is 24.7. The third-order valence-corrected chi connectivity index (χ3v) is 5.41. The van der Waals surface area contributed by atoms with Gasteiger partial charge in [0.25, 0.3) is 11.5 Å². The van der Waals surface area contributed by atoms with Crippen LogP contribution in [0.5, 0.6) is 5.75 Å². The Bertz CT molecular complexity index is 1270. The highest BCUT2D eigenvalue weighted by atomic mass is 32.1. The number of hydrogen-bond acceptors (Lipinski definition) is 8. The van der Waals surface area contributed by atoms with Gasteiger partial charge < -0.3 is 14.8 Å². The van der Waals surface area contributed by atoms with Gasteiger partial charge in [-0.05, 0) is 35.9 Å². The van der Waals surface area contributed by atoms with Gasteiger partial charge in [0.2, 0.25) is 0 Å². The van der Waals surface area contributed by atoms with Crippen molar-refractivity contribution in [2.75, 3.05) is 20.3 Å². The van der Waals surface area contributed by atoms with E-state index < -0.39 is 49.3 Å². The highest BCUT2D eigenvalue weighted by molar-refractivity contribution is 7.22. The molecule has 2 heterocycles. The van der Waals surface area contributed by atoms with Gasteiger partial charge in [-0.2, -0.15) is 13.2 Å². The van der Waals surface area contributed by atoms with E-state index in [-0.39, 0.29) is 0 Å². The molecule has 14 heteroatoms. The summed E-state index contributed by atoms with van der Waals surface area (Å²) in [6.45, 7) is -3.12. The molecule has 0 atom stereocenters. The predicted molar refractivity (Wildman–Crippen MR) is 114 cm³/mol. The van der Waals surface area contributed by atoms with E-state index in [1.807, 2.05) is 12.1 Å². The van der Waals surface area contributed by atoms with Crippen LogP contribution in [-0.4, -0.2) is 53.9 Å². The monoisotopic (exact) mass is 498 g/mol. The molecule has 1 aromatic carbocycles. The number of amides is 3. The second-order valence-electron chi connectivity index (χ2n) is 6.74. The van der Waals surface area contributed by atoms with Gasteiger partial charge in [-0.3, -0.25) is 24.3 Å². The minimum atomic E-state index is -4.65. The van der Waals surface area contributed by atoms with Gasteiger partial charge >= 0.3 is 18.2 Å². The first-order valence-electron chi connectivity index (χ1n) is 9.49. The number of nitrogens with zero attached hydrogens (tertiary/aromatic N) is 2. The van der Waals surface area contributed by atoms with Crippen molar-refractivity contribution in [2.24, 2.45) is 0 Å². The summed E-state index contributed by atoms with van der Waals surface area (Å²) in [4.78, 5) is 52.4. The quantitative estimate of drug-likeness (QED) is 0.477. The number of ether oxygens (including phenoxy) is 2. The number of esters is 1. The Morgan fingerprint density at radius 2 is 1.88 bits per heavy atom. The number of carbonyl (C=O) groups is 3. The van der Waals surface area contributed by atoms with E-state index in [0.717, 1.165) is 21.3 Å². The van der Waals surface area contributed by atoms with Gasteiger partial charge in [-0.25, -0.2) is 9.78 Å². The number of imide groups is 1. The fourth-order valence-corrected chi connectivity index (χ4v) is 3.74. The van der Waals surface area contributed by atoms with Crippen LogP contribution in [0.25, 0.3) is 20.7 Å². The third kappa shape index (κ3) is 6.54. The van der Waals surface area contributed by atoms with Crippen LogP contribution >= 0.6 is 11.3 Å². The molecule has 2 aromatic heterocycles. The zero-order valence-corrected chi connectivity index (χ0v) is 18.3. The lowest BCUT2D eigenvalue weighted by molar-refractivity contribution is -0.148. The standard InChI is InChI=1S/C20H17F3N4O6S/c1-32-12-4-2-11(3-5-12)14-6-13-17(34-14)18(30)27(10-25-13)7-16(29)33-8-15(28)26-19(31)24-9-20(21,22)23/h2-6,10H,7-9H2,1H3,(H2,24,26,28,31). The maximum absolute atomic E-state index is 12.7. The molecule has 0 unspecified atom stereocenters. The molecule has 10 nitrogen and oxygen atoms in total. The van der Waals surface area contributed by atoms with Crippen LogP contribution in [0.1, 0.15) is 0 Å².